The van der Waals surface area contributed by atoms with Crippen LogP contribution in [0.4, 0.5) is 5.69 Å². The normalized spacial score (nSPS) is 10.4. The number of furan rings is 1. The molecule has 0 aliphatic heterocycles. The average molecular weight is 259 g/mol. The maximum Gasteiger partial charge on any atom is 0.374 e. The molecule has 0 aliphatic carbocycles. The van der Waals surface area contributed by atoms with Gasteiger partial charge in [-0.3, -0.25) is 0 Å². The first kappa shape index (κ1) is 13.2. The molecule has 0 atom stereocenters. The number of esters is 1. The highest BCUT2D eigenvalue weighted by Crippen LogP contribution is 2.28. The van der Waals surface area contributed by atoms with E-state index in [2.05, 4.69) is 0 Å². The molecule has 2 rings (SSSR count). The number of nitrogens with two attached hydrogens (primary N) is 1. The predicted octanol–water partition coefficient (Wildman–Crippen LogP) is 3.27. The lowest BCUT2D eigenvalue weighted by molar-refractivity contribution is 0.0491. The fourth-order valence-corrected chi connectivity index (χ4v) is 1.94. The minimum atomic E-state index is -0.442. The smallest absolute Gasteiger partial charge is 0.374 e. The number of aryl methyl sites for hydroxylation is 1. The quantitative estimate of drug-likeness (QED) is 0.676. The van der Waals surface area contributed by atoms with Crippen LogP contribution in [-0.4, -0.2) is 12.6 Å². The van der Waals surface area contributed by atoms with Gasteiger partial charge in [0.05, 0.1) is 6.61 Å². The zero-order valence-corrected chi connectivity index (χ0v) is 11.1. The zero-order chi connectivity index (χ0) is 13.8. The van der Waals surface area contributed by atoms with Gasteiger partial charge >= 0.3 is 5.97 Å². The molecule has 2 aromatic rings. The molecule has 4 heteroatoms. The van der Waals surface area contributed by atoms with Crippen molar-refractivity contribution in [2.45, 2.75) is 20.3 Å². The number of hydrogen-bond acceptors (Lipinski definition) is 4. The number of benzene rings is 1. The first-order valence-corrected chi connectivity index (χ1v) is 6.31. The molecule has 1 heterocycles. The van der Waals surface area contributed by atoms with E-state index < -0.39 is 5.97 Å². The van der Waals surface area contributed by atoms with Crippen molar-refractivity contribution in [3.8, 4) is 11.3 Å². The Kier molecular flexibility index (Phi) is 3.90. The van der Waals surface area contributed by atoms with Gasteiger partial charge in [-0.1, -0.05) is 6.92 Å². The molecule has 0 saturated heterocycles. The van der Waals surface area contributed by atoms with Crippen molar-refractivity contribution in [3.05, 3.63) is 41.7 Å². The standard InChI is InChI=1S/C15H17NO3/c1-3-10-9-11(16)5-6-12(10)13-7-8-14(19-13)15(17)18-4-2/h5-9H,3-4,16H2,1-2H3. The monoisotopic (exact) mass is 259 g/mol. The third-order valence-electron chi connectivity index (χ3n) is 2.86. The summed E-state index contributed by atoms with van der Waals surface area (Å²) in [5.74, 6) is 0.429. The van der Waals surface area contributed by atoms with Gasteiger partial charge in [-0.2, -0.15) is 0 Å². The van der Waals surface area contributed by atoms with E-state index in [-0.39, 0.29) is 5.76 Å². The van der Waals surface area contributed by atoms with Crippen LogP contribution in [0.5, 0.6) is 0 Å². The van der Waals surface area contributed by atoms with Crippen molar-refractivity contribution in [2.75, 3.05) is 12.3 Å². The number of carbonyl (C=O) groups excluding carboxylic acids is 1. The minimum absolute atomic E-state index is 0.218. The Balaban J connectivity index is 2.35. The molecular formula is C15H17NO3. The molecule has 1 aromatic carbocycles. The fraction of sp³-hybridized carbons (Fsp3) is 0.267. The van der Waals surface area contributed by atoms with Crippen molar-refractivity contribution in [2.24, 2.45) is 0 Å². The SMILES string of the molecule is CCOC(=O)c1ccc(-c2ccc(N)cc2CC)o1. The number of nitrogen functional groups attached to an aromatic ring is 1. The number of hydrogen-bond donors (Lipinski definition) is 1. The van der Waals surface area contributed by atoms with E-state index in [0.717, 1.165) is 23.2 Å². The number of ether oxygens (including phenoxy) is 1. The van der Waals surface area contributed by atoms with Crippen molar-refractivity contribution >= 4 is 11.7 Å². The second kappa shape index (κ2) is 5.61. The molecule has 0 spiro atoms. The Morgan fingerprint density at radius 1 is 1.26 bits per heavy atom. The van der Waals surface area contributed by atoms with Gasteiger partial charge in [-0.15, -0.1) is 0 Å². The van der Waals surface area contributed by atoms with Crippen LogP contribution in [0.15, 0.2) is 34.7 Å². The van der Waals surface area contributed by atoms with E-state index in [1.165, 1.54) is 0 Å². The van der Waals surface area contributed by atoms with Gasteiger partial charge < -0.3 is 14.9 Å². The Bertz CT molecular complexity index is 587. The summed E-state index contributed by atoms with van der Waals surface area (Å²) in [6, 6.07) is 9.05. The topological polar surface area (TPSA) is 65.5 Å². The van der Waals surface area contributed by atoms with Crippen LogP contribution >= 0.6 is 0 Å². The van der Waals surface area contributed by atoms with E-state index in [9.17, 15) is 4.79 Å². The molecule has 1 aromatic heterocycles. The molecule has 4 nitrogen and oxygen atoms in total. The number of anilines is 1. The molecule has 19 heavy (non-hydrogen) atoms. The second-order valence-corrected chi connectivity index (χ2v) is 4.15. The van der Waals surface area contributed by atoms with Crippen molar-refractivity contribution in [3.63, 3.8) is 0 Å². The van der Waals surface area contributed by atoms with E-state index in [1.807, 2.05) is 25.1 Å². The Morgan fingerprint density at radius 2 is 2.05 bits per heavy atom. The predicted molar refractivity (Wildman–Crippen MR) is 73.9 cm³/mol. The van der Waals surface area contributed by atoms with Crippen LogP contribution in [-0.2, 0) is 11.2 Å². The zero-order valence-electron chi connectivity index (χ0n) is 11.1. The molecule has 0 radical (unpaired) electrons. The van der Waals surface area contributed by atoms with Crippen LogP contribution in [0.3, 0.4) is 0 Å². The summed E-state index contributed by atoms with van der Waals surface area (Å²) in [5, 5.41) is 0. The minimum Gasteiger partial charge on any atom is -0.460 e. The van der Waals surface area contributed by atoms with Gasteiger partial charge in [0.25, 0.3) is 0 Å². The lowest BCUT2D eigenvalue weighted by atomic mass is 10.0. The maximum absolute atomic E-state index is 11.6. The van der Waals surface area contributed by atoms with Gasteiger partial charge in [-0.05, 0) is 49.2 Å². The number of rotatable bonds is 4. The highest BCUT2D eigenvalue weighted by Gasteiger charge is 2.14. The maximum atomic E-state index is 11.6. The summed E-state index contributed by atoms with van der Waals surface area (Å²) in [7, 11) is 0. The summed E-state index contributed by atoms with van der Waals surface area (Å²) in [5.41, 5.74) is 8.53. The highest BCUT2D eigenvalue weighted by molar-refractivity contribution is 5.87. The second-order valence-electron chi connectivity index (χ2n) is 4.15. The molecule has 0 saturated carbocycles. The third kappa shape index (κ3) is 2.78. The summed E-state index contributed by atoms with van der Waals surface area (Å²) in [6.45, 7) is 4.14. The van der Waals surface area contributed by atoms with Crippen molar-refractivity contribution in [1.82, 2.24) is 0 Å². The fourth-order valence-electron chi connectivity index (χ4n) is 1.94. The number of carbonyl (C=O) groups is 1. The highest BCUT2D eigenvalue weighted by atomic mass is 16.5. The molecule has 0 bridgehead atoms. The van der Waals surface area contributed by atoms with Crippen molar-refractivity contribution < 1.29 is 13.9 Å². The molecule has 100 valence electrons. The van der Waals surface area contributed by atoms with Crippen LogP contribution in [0.25, 0.3) is 11.3 Å². The van der Waals surface area contributed by atoms with E-state index in [0.29, 0.717) is 12.4 Å². The average Bonchev–Trinajstić information content (AvgIpc) is 2.88. The Morgan fingerprint density at radius 3 is 2.74 bits per heavy atom. The molecule has 0 fully saturated rings. The lowest BCUT2D eigenvalue weighted by Gasteiger charge is -2.06. The van der Waals surface area contributed by atoms with Crippen LogP contribution < -0.4 is 5.73 Å². The van der Waals surface area contributed by atoms with Gasteiger partial charge in [0.15, 0.2) is 0 Å². The van der Waals surface area contributed by atoms with Crippen LogP contribution in [0.2, 0.25) is 0 Å². The van der Waals surface area contributed by atoms with E-state index in [1.54, 1.807) is 19.1 Å². The summed E-state index contributed by atoms with van der Waals surface area (Å²) < 4.78 is 10.5. The summed E-state index contributed by atoms with van der Waals surface area (Å²) >= 11 is 0. The van der Waals surface area contributed by atoms with Crippen LogP contribution in [0, 0.1) is 0 Å². The van der Waals surface area contributed by atoms with Gasteiger partial charge in [0, 0.05) is 11.3 Å². The first-order chi connectivity index (χ1) is 9.15. The molecule has 0 amide bonds. The van der Waals surface area contributed by atoms with E-state index in [4.69, 9.17) is 14.9 Å². The Labute approximate surface area is 112 Å². The van der Waals surface area contributed by atoms with Crippen molar-refractivity contribution in [1.29, 1.82) is 0 Å². The Hall–Kier alpha value is -2.23. The molecule has 0 aliphatic rings. The molecule has 0 unspecified atom stereocenters. The lowest BCUT2D eigenvalue weighted by Crippen LogP contribution is -2.02. The summed E-state index contributed by atoms with van der Waals surface area (Å²) in [4.78, 5) is 11.6. The molecular weight excluding hydrogens is 242 g/mol. The van der Waals surface area contributed by atoms with Gasteiger partial charge in [0.2, 0.25) is 5.76 Å². The largest absolute Gasteiger partial charge is 0.460 e. The molecule has 2 N–H and O–H groups in total. The third-order valence-corrected chi connectivity index (χ3v) is 2.86. The van der Waals surface area contributed by atoms with E-state index >= 15 is 0 Å². The van der Waals surface area contributed by atoms with Gasteiger partial charge in [0.1, 0.15) is 5.76 Å². The first-order valence-electron chi connectivity index (χ1n) is 6.31. The van der Waals surface area contributed by atoms with Gasteiger partial charge in [-0.25, -0.2) is 4.79 Å². The summed E-state index contributed by atoms with van der Waals surface area (Å²) in [6.07, 6.45) is 0.843. The van der Waals surface area contributed by atoms with Crippen LogP contribution in [0.1, 0.15) is 30.0 Å².